The molecule has 1 aliphatic rings. The van der Waals surface area contributed by atoms with Crippen LogP contribution in [0.5, 0.6) is 5.75 Å². The van der Waals surface area contributed by atoms with Crippen molar-refractivity contribution < 1.29 is 4.74 Å². The van der Waals surface area contributed by atoms with Crippen molar-refractivity contribution in [1.29, 1.82) is 0 Å². The fourth-order valence-corrected chi connectivity index (χ4v) is 4.08. The number of hydrogen-bond acceptors (Lipinski definition) is 3. The van der Waals surface area contributed by atoms with Crippen LogP contribution in [0.3, 0.4) is 0 Å². The standard InChI is InChI=1S/C23H27BrN2O/c1-7-26-21-12-22(27-6)17(11-19(21)16(3)13-23(26,4)5)14-25-18-8-9-20(24)15(2)10-18/h8-14H,7H2,1-6H3. The van der Waals surface area contributed by atoms with Crippen molar-refractivity contribution in [2.75, 3.05) is 18.6 Å². The molecule has 0 aliphatic carbocycles. The molecule has 4 heteroatoms. The lowest BCUT2D eigenvalue weighted by atomic mass is 9.88. The predicted molar refractivity (Wildman–Crippen MR) is 120 cm³/mol. The molecule has 0 N–H and O–H groups in total. The first-order valence-corrected chi connectivity index (χ1v) is 10.1. The van der Waals surface area contributed by atoms with Gasteiger partial charge < -0.3 is 9.64 Å². The van der Waals surface area contributed by atoms with E-state index in [9.17, 15) is 0 Å². The molecule has 3 nitrogen and oxygen atoms in total. The Kier molecular flexibility index (Phi) is 5.48. The Balaban J connectivity index is 2.06. The SMILES string of the molecule is CCN1c2cc(OC)c(C=Nc3ccc(Br)c(C)c3)cc2C(C)=CC1(C)C. The number of halogens is 1. The average molecular weight is 427 g/mol. The molecule has 0 atom stereocenters. The molecule has 0 fully saturated rings. The summed E-state index contributed by atoms with van der Waals surface area (Å²) in [7, 11) is 1.72. The van der Waals surface area contributed by atoms with Gasteiger partial charge in [-0.2, -0.15) is 0 Å². The van der Waals surface area contributed by atoms with E-state index in [1.54, 1.807) is 7.11 Å². The second kappa shape index (κ2) is 7.51. The molecular formula is C23H27BrN2O. The number of methoxy groups -OCH3 is 1. The third-order valence-corrected chi connectivity index (χ3v) is 6.03. The zero-order valence-electron chi connectivity index (χ0n) is 16.9. The van der Waals surface area contributed by atoms with Crippen molar-refractivity contribution in [3.05, 3.63) is 57.6 Å². The molecule has 2 aromatic rings. The highest BCUT2D eigenvalue weighted by Crippen LogP contribution is 2.41. The van der Waals surface area contributed by atoms with Gasteiger partial charge in [-0.05, 0) is 70.0 Å². The van der Waals surface area contributed by atoms with Gasteiger partial charge in [0.25, 0.3) is 0 Å². The van der Waals surface area contributed by atoms with Crippen LogP contribution in [-0.2, 0) is 0 Å². The fraction of sp³-hybridized carbons (Fsp3) is 0.348. The van der Waals surface area contributed by atoms with Crippen LogP contribution in [-0.4, -0.2) is 25.4 Å². The minimum Gasteiger partial charge on any atom is -0.496 e. The minimum atomic E-state index is -0.0125. The molecule has 0 saturated heterocycles. The zero-order chi connectivity index (χ0) is 19.8. The van der Waals surface area contributed by atoms with Crippen molar-refractivity contribution in [2.45, 2.75) is 40.2 Å². The highest BCUT2D eigenvalue weighted by molar-refractivity contribution is 9.10. The third kappa shape index (κ3) is 3.81. The van der Waals surface area contributed by atoms with Gasteiger partial charge in [-0.25, -0.2) is 0 Å². The van der Waals surface area contributed by atoms with E-state index in [-0.39, 0.29) is 5.54 Å². The molecule has 0 aromatic heterocycles. The lowest BCUT2D eigenvalue weighted by Gasteiger charge is -2.43. The second-order valence-electron chi connectivity index (χ2n) is 7.53. The summed E-state index contributed by atoms with van der Waals surface area (Å²) < 4.78 is 6.79. The Hall–Kier alpha value is -2.07. The Morgan fingerprint density at radius 3 is 2.56 bits per heavy atom. The quantitative estimate of drug-likeness (QED) is 0.518. The van der Waals surface area contributed by atoms with Gasteiger partial charge in [-0.3, -0.25) is 4.99 Å². The van der Waals surface area contributed by atoms with E-state index in [1.165, 1.54) is 22.4 Å². The Morgan fingerprint density at radius 2 is 1.93 bits per heavy atom. The predicted octanol–water partition coefficient (Wildman–Crippen LogP) is 6.54. The smallest absolute Gasteiger partial charge is 0.129 e. The minimum absolute atomic E-state index is 0.0125. The molecule has 0 spiro atoms. The van der Waals surface area contributed by atoms with Gasteiger partial charge in [0.05, 0.1) is 18.3 Å². The summed E-state index contributed by atoms with van der Waals surface area (Å²) >= 11 is 3.53. The fourth-order valence-electron chi connectivity index (χ4n) is 3.83. The second-order valence-corrected chi connectivity index (χ2v) is 8.38. The lowest BCUT2D eigenvalue weighted by Crippen LogP contribution is -2.44. The summed E-state index contributed by atoms with van der Waals surface area (Å²) in [5.41, 5.74) is 6.82. The highest BCUT2D eigenvalue weighted by Gasteiger charge is 2.31. The summed E-state index contributed by atoms with van der Waals surface area (Å²) in [6.45, 7) is 11.9. The molecule has 1 aliphatic heterocycles. The number of allylic oxidation sites excluding steroid dienone is 1. The van der Waals surface area contributed by atoms with Gasteiger partial charge in [0.1, 0.15) is 5.75 Å². The summed E-state index contributed by atoms with van der Waals surface area (Å²) in [4.78, 5) is 7.08. The van der Waals surface area contributed by atoms with E-state index < -0.39 is 0 Å². The van der Waals surface area contributed by atoms with E-state index >= 15 is 0 Å². The van der Waals surface area contributed by atoms with Crippen molar-refractivity contribution in [2.24, 2.45) is 4.99 Å². The van der Waals surface area contributed by atoms with E-state index in [2.05, 4.69) is 84.7 Å². The van der Waals surface area contributed by atoms with Crippen molar-refractivity contribution in [3.63, 3.8) is 0 Å². The number of likely N-dealkylation sites (N-methyl/N-ethyl adjacent to an activating group) is 1. The molecule has 142 valence electrons. The van der Waals surface area contributed by atoms with Gasteiger partial charge in [0, 0.05) is 40.1 Å². The van der Waals surface area contributed by atoms with Crippen molar-refractivity contribution in [1.82, 2.24) is 0 Å². The first kappa shape index (κ1) is 19.7. The van der Waals surface area contributed by atoms with Crippen molar-refractivity contribution in [3.8, 4) is 5.75 Å². The van der Waals surface area contributed by atoms with Crippen LogP contribution in [0.2, 0.25) is 0 Å². The maximum atomic E-state index is 5.69. The van der Waals surface area contributed by atoms with Crippen LogP contribution in [0.1, 0.15) is 44.4 Å². The van der Waals surface area contributed by atoms with E-state index in [0.29, 0.717) is 0 Å². The van der Waals surface area contributed by atoms with Crippen LogP contribution in [0.4, 0.5) is 11.4 Å². The molecule has 2 aromatic carbocycles. The maximum Gasteiger partial charge on any atom is 0.129 e. The molecule has 0 radical (unpaired) electrons. The van der Waals surface area contributed by atoms with Crippen LogP contribution in [0.15, 0.2) is 45.9 Å². The van der Waals surface area contributed by atoms with Gasteiger partial charge in [-0.1, -0.05) is 22.0 Å². The van der Waals surface area contributed by atoms with Gasteiger partial charge in [0.15, 0.2) is 0 Å². The monoisotopic (exact) mass is 426 g/mol. The number of rotatable bonds is 4. The topological polar surface area (TPSA) is 24.8 Å². The van der Waals surface area contributed by atoms with Gasteiger partial charge in [0.2, 0.25) is 0 Å². The molecular weight excluding hydrogens is 400 g/mol. The third-order valence-electron chi connectivity index (χ3n) is 5.14. The highest BCUT2D eigenvalue weighted by atomic mass is 79.9. The largest absolute Gasteiger partial charge is 0.496 e. The van der Waals surface area contributed by atoms with Crippen LogP contribution in [0.25, 0.3) is 5.57 Å². The average Bonchev–Trinajstić information content (AvgIpc) is 2.61. The first-order chi connectivity index (χ1) is 12.8. The first-order valence-electron chi connectivity index (χ1n) is 9.26. The Bertz CT molecular complexity index is 928. The molecule has 0 bridgehead atoms. The molecule has 1 heterocycles. The Labute approximate surface area is 170 Å². The van der Waals surface area contributed by atoms with Crippen molar-refractivity contribution >= 4 is 39.1 Å². The number of ether oxygens (including phenoxy) is 1. The molecule has 0 unspecified atom stereocenters. The van der Waals surface area contributed by atoms with Crippen LogP contribution < -0.4 is 9.64 Å². The zero-order valence-corrected chi connectivity index (χ0v) is 18.5. The number of anilines is 1. The number of aliphatic imine (C=N–C) groups is 1. The summed E-state index contributed by atoms with van der Waals surface area (Å²) in [6, 6.07) is 10.4. The molecule has 0 saturated carbocycles. The van der Waals surface area contributed by atoms with Crippen LogP contribution >= 0.6 is 15.9 Å². The van der Waals surface area contributed by atoms with Gasteiger partial charge >= 0.3 is 0 Å². The number of benzene rings is 2. The lowest BCUT2D eigenvalue weighted by molar-refractivity contribution is 0.413. The van der Waals surface area contributed by atoms with E-state index in [1.807, 2.05) is 18.3 Å². The number of aryl methyl sites for hydroxylation is 1. The molecule has 27 heavy (non-hydrogen) atoms. The normalized spacial score (nSPS) is 15.7. The van der Waals surface area contributed by atoms with E-state index in [0.717, 1.165) is 28.0 Å². The summed E-state index contributed by atoms with van der Waals surface area (Å²) in [5.74, 6) is 0.843. The molecule has 0 amide bonds. The summed E-state index contributed by atoms with van der Waals surface area (Å²) in [5, 5.41) is 0. The Morgan fingerprint density at radius 1 is 1.19 bits per heavy atom. The maximum absolute atomic E-state index is 5.69. The van der Waals surface area contributed by atoms with Crippen LogP contribution in [0, 0.1) is 6.92 Å². The number of hydrogen-bond donors (Lipinski definition) is 0. The number of nitrogens with zero attached hydrogens (tertiary/aromatic N) is 2. The number of fused-ring (bicyclic) bond motifs is 1. The van der Waals surface area contributed by atoms with E-state index in [4.69, 9.17) is 4.74 Å². The molecule has 3 rings (SSSR count). The van der Waals surface area contributed by atoms with Gasteiger partial charge in [-0.15, -0.1) is 0 Å². The summed E-state index contributed by atoms with van der Waals surface area (Å²) in [6.07, 6.45) is 4.23.